The second kappa shape index (κ2) is 1.36. The van der Waals surface area contributed by atoms with Gasteiger partial charge in [-0.1, -0.05) is 0 Å². The molecule has 2 aromatic carbocycles. The summed E-state index contributed by atoms with van der Waals surface area (Å²) >= 11 is 0. The molecule has 5 unspecified atom stereocenters. The Morgan fingerprint density at radius 2 is 1.43 bits per heavy atom. The van der Waals surface area contributed by atoms with Crippen molar-refractivity contribution in [2.75, 3.05) is 0 Å². The number of nitrogens with zero attached hydrogens (tertiary/aromatic N) is 1. The minimum absolute atomic E-state index is 0.681. The average molecular weight is 403 g/mol. The Bertz CT molecular complexity index is 1850. The molecule has 1 aromatic heterocycles. The number of hydrogen-bond donors (Lipinski definition) is 0. The van der Waals surface area contributed by atoms with Crippen molar-refractivity contribution in [3.8, 4) is 0 Å². The van der Waals surface area contributed by atoms with Gasteiger partial charge in [0.15, 0.2) is 0 Å². The van der Waals surface area contributed by atoms with Gasteiger partial charge in [-0.2, -0.15) is 0 Å². The number of benzene rings is 2. The number of aryl methyl sites for hydroxylation is 1. The first-order valence-electron chi connectivity index (χ1n) is 11.2. The van der Waals surface area contributed by atoms with Crippen molar-refractivity contribution in [3.63, 3.8) is 0 Å². The van der Waals surface area contributed by atoms with E-state index in [-0.39, 0.29) is 0 Å². The Labute approximate surface area is 153 Å². The van der Waals surface area contributed by atoms with Gasteiger partial charge in [-0.15, -0.1) is 0 Å². The fraction of sp³-hybridized carbons (Fsp3) is 0.423. The first kappa shape index (κ1) is 11.5. The van der Waals surface area contributed by atoms with E-state index in [1.165, 1.54) is 44.6 Å². The van der Waals surface area contributed by atoms with Crippen LogP contribution < -0.4 is 0 Å². The van der Waals surface area contributed by atoms with E-state index in [4.69, 9.17) is 4.98 Å². The quantitative estimate of drug-likeness (QED) is 0.449. The molecular formula is C26H21FeN. The zero-order valence-corrected chi connectivity index (χ0v) is 16.8. The Hall–Kier alpha value is -1.63. The molecule has 10 saturated heterocycles. The molecule has 0 aliphatic carbocycles. The maximum atomic E-state index is 5.45. The zero-order valence-electron chi connectivity index (χ0n) is 15.7. The molecule has 1 nitrogen and oxygen atoms in total. The molecule has 10 fully saturated rings. The number of aromatic nitrogens is 1. The summed E-state index contributed by atoms with van der Waals surface area (Å²) in [6.07, 6.45) is 0. The van der Waals surface area contributed by atoms with Gasteiger partial charge in [0, 0.05) is 0 Å². The number of hydrogen-bond acceptors (Lipinski definition) is 1. The van der Waals surface area contributed by atoms with Gasteiger partial charge < -0.3 is 0 Å². The van der Waals surface area contributed by atoms with E-state index in [1.807, 2.05) is 5.56 Å². The number of para-hydroxylation sites is 1. The van der Waals surface area contributed by atoms with Crippen LogP contribution in [0.15, 0.2) is 60.7 Å². The third-order valence-corrected chi connectivity index (χ3v) is 61.1. The minimum atomic E-state index is -3.57. The van der Waals surface area contributed by atoms with Gasteiger partial charge in [0.2, 0.25) is 0 Å². The van der Waals surface area contributed by atoms with Crippen LogP contribution in [0.2, 0.25) is 38.5 Å². The molecule has 13 rings (SSSR count). The second-order valence-electron chi connectivity index (χ2n) is 14.0. The third-order valence-electron chi connectivity index (χ3n) is 18.3. The molecule has 0 bridgehead atoms. The second-order valence-corrected chi connectivity index (χ2v) is 37.2. The molecule has 28 heavy (non-hydrogen) atoms. The molecule has 11 heterocycles. The van der Waals surface area contributed by atoms with E-state index in [1.54, 1.807) is 11.3 Å². The Morgan fingerprint density at radius 1 is 0.750 bits per heavy atom. The van der Waals surface area contributed by atoms with Gasteiger partial charge in [0.05, 0.1) is 0 Å². The normalized spacial score (nSPS) is 79.6. The predicted octanol–water partition coefficient (Wildman–Crippen LogP) is 6.45. The molecule has 0 saturated carbocycles. The van der Waals surface area contributed by atoms with Crippen molar-refractivity contribution in [2.24, 2.45) is 0 Å². The van der Waals surface area contributed by atoms with E-state index in [0.717, 1.165) is 9.13 Å². The summed E-state index contributed by atoms with van der Waals surface area (Å²) in [6.45, 7) is -1.15. The fourth-order valence-electron chi connectivity index (χ4n) is 20.3. The Morgan fingerprint density at radius 3 is 2.14 bits per heavy atom. The van der Waals surface area contributed by atoms with E-state index >= 15 is 0 Å². The van der Waals surface area contributed by atoms with Crippen LogP contribution in [-0.2, 0) is 15.1 Å². The van der Waals surface area contributed by atoms with Crippen molar-refractivity contribution in [1.29, 1.82) is 0 Å². The summed E-state index contributed by atoms with van der Waals surface area (Å²) in [7, 11) is 0. The predicted molar refractivity (Wildman–Crippen MR) is 106 cm³/mol. The van der Waals surface area contributed by atoms with Gasteiger partial charge in [-0.3, -0.25) is 0 Å². The fourth-order valence-corrected chi connectivity index (χ4v) is 96.3. The summed E-state index contributed by atoms with van der Waals surface area (Å²) in [5.74, 6) is 0. The van der Waals surface area contributed by atoms with Crippen molar-refractivity contribution in [3.05, 3.63) is 77.5 Å². The molecular weight excluding hydrogens is 382 g/mol. The van der Waals surface area contributed by atoms with Crippen LogP contribution in [0.1, 0.15) is 16.8 Å². The van der Waals surface area contributed by atoms with E-state index < -0.39 is 6.51 Å². The monoisotopic (exact) mass is 403 g/mol. The standard InChI is InChI=1S/C21H16N.C5H5.Fe/c1-15-6-2-4-8-19(15)17-10-11-18(14-17)21-13-12-16-7-3-5-9-20(16)22-21;1-2-4-5-3-1;/h2-14H,1H3;1-5H;. The number of pyridine rings is 1. The van der Waals surface area contributed by atoms with Crippen LogP contribution in [0.5, 0.6) is 0 Å². The molecule has 3 aromatic rings. The summed E-state index contributed by atoms with van der Waals surface area (Å²) in [5.41, 5.74) is 6.34. The van der Waals surface area contributed by atoms with Crippen LogP contribution >= 0.6 is 0 Å². The maximum absolute atomic E-state index is 5.45. The topological polar surface area (TPSA) is 12.9 Å². The van der Waals surface area contributed by atoms with Crippen molar-refractivity contribution < 1.29 is 6.51 Å². The van der Waals surface area contributed by atoms with E-state index in [0.29, 0.717) is 4.31 Å². The van der Waals surface area contributed by atoms with Crippen LogP contribution in [0, 0.1) is 6.92 Å². The molecule has 0 radical (unpaired) electrons. The summed E-state index contributed by atoms with van der Waals surface area (Å²) in [5, 5.41) is 1.33. The van der Waals surface area contributed by atoms with Crippen molar-refractivity contribution in [2.45, 2.75) is 54.1 Å². The first-order valence-corrected chi connectivity index (χ1v) is 17.4. The van der Waals surface area contributed by atoms with Crippen LogP contribution in [0.4, 0.5) is 0 Å². The van der Waals surface area contributed by atoms with Gasteiger partial charge in [0.1, 0.15) is 0 Å². The first-order chi connectivity index (χ1) is 13.5. The molecule has 2 heteroatoms. The molecule has 138 valence electrons. The molecule has 10 aliphatic rings. The zero-order chi connectivity index (χ0) is 17.6. The van der Waals surface area contributed by atoms with E-state index in [9.17, 15) is 0 Å². The molecule has 0 amide bonds. The van der Waals surface area contributed by atoms with Gasteiger partial charge in [0.25, 0.3) is 0 Å². The van der Waals surface area contributed by atoms with E-state index in [2.05, 4.69) is 67.6 Å². The molecule has 1 spiro atoms. The summed E-state index contributed by atoms with van der Waals surface area (Å²) in [4.78, 5) is 15.5. The SMILES string of the molecule is Cc1ccccc1[C]12[CH]3[CH]4[C]5(c6ccc7ccccc7n6)[CH]1[Fe]43521678[CH]2[CH]1[CH]6[CH]7[CH]28. The van der Waals surface area contributed by atoms with Gasteiger partial charge >= 0.3 is 154 Å². The van der Waals surface area contributed by atoms with Crippen LogP contribution in [-0.4, -0.2) is 4.98 Å². The van der Waals surface area contributed by atoms with Gasteiger partial charge in [-0.25, -0.2) is 0 Å². The number of fused-ring (bicyclic) bond motifs is 11. The van der Waals surface area contributed by atoms with Crippen molar-refractivity contribution >= 4 is 10.9 Å². The van der Waals surface area contributed by atoms with Crippen molar-refractivity contribution in [1.82, 2.24) is 4.98 Å². The van der Waals surface area contributed by atoms with Crippen LogP contribution in [0.3, 0.4) is 0 Å². The summed E-state index contributed by atoms with van der Waals surface area (Å²) < 4.78 is 1.45. The molecule has 5 atom stereocenters. The average Bonchev–Trinajstić information content (AvgIpc) is 3.67. The molecule has 10 aliphatic heterocycles. The summed E-state index contributed by atoms with van der Waals surface area (Å²) in [6, 6.07) is 23.4. The Balaban J connectivity index is 1.26. The van der Waals surface area contributed by atoms with Gasteiger partial charge in [-0.05, 0) is 0 Å². The molecule has 0 N–H and O–H groups in total. The third kappa shape index (κ3) is 0.186. The Kier molecular flexibility index (Phi) is 0.559. The van der Waals surface area contributed by atoms with Crippen LogP contribution in [0.25, 0.3) is 10.9 Å². The number of rotatable bonds is 2.